The van der Waals surface area contributed by atoms with Gasteiger partial charge in [-0.3, -0.25) is 9.69 Å². The molecule has 8 nitrogen and oxygen atoms in total. The highest BCUT2D eigenvalue weighted by atomic mass is 16.6. The molecular formula is C29H42N4O4. The van der Waals surface area contributed by atoms with Gasteiger partial charge in [-0.1, -0.05) is 25.6 Å². The predicted molar refractivity (Wildman–Crippen MR) is 148 cm³/mol. The molecule has 2 atom stereocenters. The standard InChI is InChI=1S/C29H42N4O4/c1-8-23(17-31(6)25-12-13-25)24-11-14-26-27(15-24)32(16-21(4)33(26)22(5)34)29(35)37-18-28(36-7)19(2)9-10-20(3)30/h9,11,14-15,18,21,23,25H,3,8,10,12-13,16-17,30H2,1-2,4-7H3/b19-9-,28-18-/t21-,23?/m0/s1. The van der Waals surface area contributed by atoms with Gasteiger partial charge in [0, 0.05) is 38.2 Å². The van der Waals surface area contributed by atoms with Gasteiger partial charge in [0.1, 0.15) is 6.26 Å². The summed E-state index contributed by atoms with van der Waals surface area (Å²) in [6.45, 7) is 12.5. The zero-order valence-electron chi connectivity index (χ0n) is 23.1. The summed E-state index contributed by atoms with van der Waals surface area (Å²) >= 11 is 0. The molecule has 2 N–H and O–H groups in total. The fraction of sp³-hybridized carbons (Fsp3) is 0.517. The molecule has 2 aliphatic rings. The first kappa shape index (κ1) is 28.3. The van der Waals surface area contributed by atoms with Gasteiger partial charge in [0.05, 0.1) is 24.5 Å². The lowest BCUT2D eigenvalue weighted by Crippen LogP contribution is -2.51. The molecule has 202 valence electrons. The average molecular weight is 511 g/mol. The van der Waals surface area contributed by atoms with Gasteiger partial charge in [-0.15, -0.1) is 0 Å². The van der Waals surface area contributed by atoms with Crippen molar-refractivity contribution < 1.29 is 19.1 Å². The highest BCUT2D eigenvalue weighted by molar-refractivity contribution is 6.02. The smallest absolute Gasteiger partial charge is 0.419 e. The van der Waals surface area contributed by atoms with E-state index in [-0.39, 0.29) is 11.9 Å². The quantitative estimate of drug-likeness (QED) is 0.341. The lowest BCUT2D eigenvalue weighted by molar-refractivity contribution is -0.117. The minimum atomic E-state index is -0.526. The van der Waals surface area contributed by atoms with Crippen LogP contribution in [-0.4, -0.2) is 56.2 Å². The summed E-state index contributed by atoms with van der Waals surface area (Å²) in [4.78, 5) is 31.7. The van der Waals surface area contributed by atoms with Gasteiger partial charge in [-0.25, -0.2) is 4.79 Å². The average Bonchev–Trinajstić information content (AvgIpc) is 3.70. The van der Waals surface area contributed by atoms with Crippen molar-refractivity contribution in [1.82, 2.24) is 4.90 Å². The zero-order valence-corrected chi connectivity index (χ0v) is 23.1. The van der Waals surface area contributed by atoms with Gasteiger partial charge in [0.2, 0.25) is 5.91 Å². The SMILES string of the molecule is C=C(N)C/C=C(C)\C(=C\OC(=O)N1C[C@H](C)N(C(C)=O)c2ccc(C(CC)CN(C)C3CC3)cc21)OC. The molecule has 1 aromatic rings. The van der Waals surface area contributed by atoms with Crippen molar-refractivity contribution in [1.29, 1.82) is 0 Å². The molecule has 0 bridgehead atoms. The summed E-state index contributed by atoms with van der Waals surface area (Å²) in [5.74, 6) is 0.691. The van der Waals surface area contributed by atoms with Gasteiger partial charge >= 0.3 is 6.09 Å². The number of fused-ring (bicyclic) bond motifs is 1. The van der Waals surface area contributed by atoms with Crippen LogP contribution in [0, 0.1) is 0 Å². The molecule has 3 rings (SSSR count). The number of likely N-dealkylation sites (N-methyl/N-ethyl adjacent to an activating group) is 1. The van der Waals surface area contributed by atoms with Crippen molar-refractivity contribution in [2.24, 2.45) is 5.73 Å². The maximum Gasteiger partial charge on any atom is 0.419 e. The molecule has 8 heteroatoms. The summed E-state index contributed by atoms with van der Waals surface area (Å²) in [5.41, 5.74) is 9.52. The number of carbonyl (C=O) groups is 2. The monoisotopic (exact) mass is 510 g/mol. The number of amides is 2. The van der Waals surface area contributed by atoms with Crippen LogP contribution in [0.1, 0.15) is 64.9 Å². The van der Waals surface area contributed by atoms with Crippen LogP contribution in [0.25, 0.3) is 0 Å². The van der Waals surface area contributed by atoms with Gasteiger partial charge in [-0.05, 0) is 69.3 Å². The topological polar surface area (TPSA) is 88.3 Å². The Labute approximate surface area is 221 Å². The molecule has 1 aliphatic carbocycles. The second kappa shape index (κ2) is 12.3. The number of benzene rings is 1. The van der Waals surface area contributed by atoms with Gasteiger partial charge in [0.15, 0.2) is 5.76 Å². The molecule has 0 radical (unpaired) electrons. The molecule has 1 saturated carbocycles. The van der Waals surface area contributed by atoms with Gasteiger partial charge < -0.3 is 25.0 Å². The van der Waals surface area contributed by atoms with Crippen LogP contribution in [0.15, 0.2) is 54.1 Å². The highest BCUT2D eigenvalue weighted by Gasteiger charge is 2.35. The third-order valence-electron chi connectivity index (χ3n) is 7.19. The number of ether oxygens (including phenoxy) is 2. The van der Waals surface area contributed by atoms with E-state index in [1.54, 1.807) is 16.7 Å². The van der Waals surface area contributed by atoms with Crippen molar-refractivity contribution in [3.8, 4) is 0 Å². The van der Waals surface area contributed by atoms with Crippen LogP contribution in [0.5, 0.6) is 0 Å². The Bertz CT molecular complexity index is 1080. The first-order valence-electron chi connectivity index (χ1n) is 13.0. The lowest BCUT2D eigenvalue weighted by atomic mass is 9.93. The molecule has 37 heavy (non-hydrogen) atoms. The molecule has 1 fully saturated rings. The van der Waals surface area contributed by atoms with E-state index < -0.39 is 6.09 Å². The third-order valence-corrected chi connectivity index (χ3v) is 7.19. The van der Waals surface area contributed by atoms with Crippen molar-refractivity contribution in [3.05, 3.63) is 59.7 Å². The van der Waals surface area contributed by atoms with Crippen LogP contribution in [0.2, 0.25) is 0 Å². The molecule has 1 heterocycles. The number of nitrogens with two attached hydrogens (primary N) is 1. The summed E-state index contributed by atoms with van der Waals surface area (Å²) in [7, 11) is 3.70. The van der Waals surface area contributed by atoms with E-state index in [0.29, 0.717) is 47.8 Å². The van der Waals surface area contributed by atoms with E-state index in [4.69, 9.17) is 15.2 Å². The molecule has 2 amide bonds. The van der Waals surface area contributed by atoms with Gasteiger partial charge in [-0.2, -0.15) is 0 Å². The second-order valence-corrected chi connectivity index (χ2v) is 10.2. The van der Waals surface area contributed by atoms with Crippen LogP contribution in [0.3, 0.4) is 0 Å². The van der Waals surface area contributed by atoms with Crippen LogP contribution >= 0.6 is 0 Å². The summed E-state index contributed by atoms with van der Waals surface area (Å²) in [5, 5.41) is 0. The maximum atomic E-state index is 13.4. The fourth-order valence-corrected chi connectivity index (χ4v) is 4.89. The summed E-state index contributed by atoms with van der Waals surface area (Å²) < 4.78 is 11.0. The molecule has 0 spiro atoms. The fourth-order valence-electron chi connectivity index (χ4n) is 4.89. The molecule has 1 aliphatic heterocycles. The first-order valence-corrected chi connectivity index (χ1v) is 13.0. The van der Waals surface area contributed by atoms with E-state index in [2.05, 4.69) is 31.5 Å². The number of allylic oxidation sites excluding steroid dienone is 2. The summed E-state index contributed by atoms with van der Waals surface area (Å²) in [6.07, 6.45) is 6.65. The van der Waals surface area contributed by atoms with E-state index in [9.17, 15) is 9.59 Å². The Hall–Kier alpha value is -3.26. The van der Waals surface area contributed by atoms with E-state index >= 15 is 0 Å². The van der Waals surface area contributed by atoms with Crippen LogP contribution in [0.4, 0.5) is 16.2 Å². The number of carbonyl (C=O) groups excluding carboxylic acids is 2. The lowest BCUT2D eigenvalue weighted by Gasteiger charge is -2.40. The normalized spacial score (nSPS) is 18.9. The molecule has 1 unspecified atom stereocenters. The summed E-state index contributed by atoms with van der Waals surface area (Å²) in [6, 6.07) is 6.58. The second-order valence-electron chi connectivity index (χ2n) is 10.2. The minimum absolute atomic E-state index is 0.0566. The number of rotatable bonds is 10. The Morgan fingerprint density at radius 1 is 1.27 bits per heavy atom. The Morgan fingerprint density at radius 3 is 2.54 bits per heavy atom. The molecule has 1 aromatic carbocycles. The first-order chi connectivity index (χ1) is 17.6. The number of nitrogens with zero attached hydrogens (tertiary/aromatic N) is 3. The van der Waals surface area contributed by atoms with E-state index in [1.165, 1.54) is 26.2 Å². The number of hydrogen-bond acceptors (Lipinski definition) is 6. The van der Waals surface area contributed by atoms with E-state index in [1.807, 2.05) is 32.1 Å². The number of anilines is 2. The Morgan fingerprint density at radius 2 is 1.97 bits per heavy atom. The molecular weight excluding hydrogens is 468 g/mol. The predicted octanol–water partition coefficient (Wildman–Crippen LogP) is 5.27. The highest BCUT2D eigenvalue weighted by Crippen LogP contribution is 2.39. The molecule has 0 aromatic heterocycles. The van der Waals surface area contributed by atoms with Crippen molar-refractivity contribution in [2.75, 3.05) is 37.0 Å². The maximum absolute atomic E-state index is 13.4. The van der Waals surface area contributed by atoms with Crippen LogP contribution < -0.4 is 15.5 Å². The van der Waals surface area contributed by atoms with E-state index in [0.717, 1.165) is 24.1 Å². The number of methoxy groups -OCH3 is 1. The Kier molecular flexibility index (Phi) is 9.43. The molecule has 0 saturated heterocycles. The third kappa shape index (κ3) is 6.95. The largest absolute Gasteiger partial charge is 0.493 e. The zero-order chi connectivity index (χ0) is 27.3. The number of hydrogen-bond donors (Lipinski definition) is 1. The Balaban J connectivity index is 1.91. The van der Waals surface area contributed by atoms with Gasteiger partial charge in [0.25, 0.3) is 0 Å². The van der Waals surface area contributed by atoms with Crippen molar-refractivity contribution >= 4 is 23.4 Å². The van der Waals surface area contributed by atoms with Crippen LogP contribution in [-0.2, 0) is 14.3 Å². The van der Waals surface area contributed by atoms with Crippen molar-refractivity contribution in [3.63, 3.8) is 0 Å². The van der Waals surface area contributed by atoms with Crippen molar-refractivity contribution in [2.45, 2.75) is 71.4 Å². The minimum Gasteiger partial charge on any atom is -0.493 e.